The number of carbonyl (C=O) groups is 2. The fourth-order valence-corrected chi connectivity index (χ4v) is 3.85. The summed E-state index contributed by atoms with van der Waals surface area (Å²) in [6, 6.07) is 13.5. The molecule has 3 rings (SSSR count). The standard InChI is InChI=1S/C23H25BrN2O2/c1-17-5-8-19(21(24)15-17)11-12-22(27)25-16-18-6-9-20(10-7-18)23(28)26-13-3-2-4-14-26/h5-12,15H,2-4,13-14,16H2,1H3,(H,25,27)/b12-11+. The molecule has 5 heteroatoms. The summed E-state index contributed by atoms with van der Waals surface area (Å²) in [5, 5.41) is 2.88. The van der Waals surface area contributed by atoms with Crippen LogP contribution in [0.4, 0.5) is 0 Å². The fourth-order valence-electron chi connectivity index (χ4n) is 3.23. The van der Waals surface area contributed by atoms with Crippen LogP contribution in [0.3, 0.4) is 0 Å². The largest absolute Gasteiger partial charge is 0.348 e. The molecule has 2 aromatic rings. The third kappa shape index (κ3) is 5.55. The molecule has 0 aliphatic carbocycles. The van der Waals surface area contributed by atoms with Crippen LogP contribution in [-0.4, -0.2) is 29.8 Å². The van der Waals surface area contributed by atoms with Gasteiger partial charge in [0.05, 0.1) is 0 Å². The summed E-state index contributed by atoms with van der Waals surface area (Å²) in [5.74, 6) is -0.0529. The number of piperidine rings is 1. The molecule has 0 unspecified atom stereocenters. The summed E-state index contributed by atoms with van der Waals surface area (Å²) in [6.07, 6.45) is 6.70. The van der Waals surface area contributed by atoms with Crippen LogP contribution in [0, 0.1) is 6.92 Å². The van der Waals surface area contributed by atoms with Crippen LogP contribution >= 0.6 is 15.9 Å². The van der Waals surface area contributed by atoms with E-state index in [4.69, 9.17) is 0 Å². The topological polar surface area (TPSA) is 49.4 Å². The van der Waals surface area contributed by atoms with E-state index in [1.807, 2.05) is 54.3 Å². The predicted octanol–water partition coefficient (Wildman–Crippen LogP) is 4.71. The minimum absolute atomic E-state index is 0.0990. The summed E-state index contributed by atoms with van der Waals surface area (Å²) < 4.78 is 0.963. The summed E-state index contributed by atoms with van der Waals surface area (Å²) in [4.78, 5) is 26.5. The second kappa shape index (κ2) is 9.69. The molecule has 0 aromatic heterocycles. The Morgan fingerprint density at radius 2 is 1.79 bits per heavy atom. The monoisotopic (exact) mass is 440 g/mol. The Kier molecular flexibility index (Phi) is 7.04. The van der Waals surface area contributed by atoms with E-state index in [1.165, 1.54) is 12.5 Å². The maximum atomic E-state index is 12.5. The van der Waals surface area contributed by atoms with Gasteiger partial charge in [-0.2, -0.15) is 0 Å². The van der Waals surface area contributed by atoms with Crippen molar-refractivity contribution in [2.24, 2.45) is 0 Å². The van der Waals surface area contributed by atoms with Gasteiger partial charge >= 0.3 is 0 Å². The zero-order chi connectivity index (χ0) is 19.9. The van der Waals surface area contributed by atoms with Crippen LogP contribution in [0.2, 0.25) is 0 Å². The predicted molar refractivity (Wildman–Crippen MR) is 116 cm³/mol. The van der Waals surface area contributed by atoms with Crippen LogP contribution in [0.5, 0.6) is 0 Å². The average Bonchev–Trinajstić information content (AvgIpc) is 2.72. The van der Waals surface area contributed by atoms with Crippen molar-refractivity contribution >= 4 is 33.8 Å². The normalized spacial score (nSPS) is 14.3. The van der Waals surface area contributed by atoms with Gasteiger partial charge in [-0.25, -0.2) is 0 Å². The van der Waals surface area contributed by atoms with Gasteiger partial charge in [0.1, 0.15) is 0 Å². The number of benzene rings is 2. The summed E-state index contributed by atoms with van der Waals surface area (Å²) in [5.41, 5.74) is 3.80. The number of hydrogen-bond donors (Lipinski definition) is 1. The molecule has 0 spiro atoms. The number of aryl methyl sites for hydroxylation is 1. The zero-order valence-corrected chi connectivity index (χ0v) is 17.7. The smallest absolute Gasteiger partial charge is 0.253 e. The molecule has 1 aliphatic rings. The van der Waals surface area contributed by atoms with E-state index in [0.29, 0.717) is 12.1 Å². The van der Waals surface area contributed by atoms with E-state index in [1.54, 1.807) is 6.08 Å². The Balaban J connectivity index is 1.52. The highest BCUT2D eigenvalue weighted by Crippen LogP contribution is 2.19. The lowest BCUT2D eigenvalue weighted by molar-refractivity contribution is -0.116. The molecule has 1 N–H and O–H groups in total. The van der Waals surface area contributed by atoms with Gasteiger partial charge in [-0.3, -0.25) is 9.59 Å². The molecule has 2 aromatic carbocycles. The van der Waals surface area contributed by atoms with Gasteiger partial charge in [-0.05, 0) is 67.2 Å². The maximum Gasteiger partial charge on any atom is 0.253 e. The number of carbonyl (C=O) groups excluding carboxylic acids is 2. The lowest BCUT2D eigenvalue weighted by atomic mass is 10.1. The van der Waals surface area contributed by atoms with E-state index in [2.05, 4.69) is 21.2 Å². The number of amides is 2. The van der Waals surface area contributed by atoms with Gasteiger partial charge in [0.25, 0.3) is 5.91 Å². The zero-order valence-electron chi connectivity index (χ0n) is 16.1. The van der Waals surface area contributed by atoms with Crippen molar-refractivity contribution in [1.82, 2.24) is 10.2 Å². The second-order valence-electron chi connectivity index (χ2n) is 7.13. The van der Waals surface area contributed by atoms with Crippen molar-refractivity contribution in [2.45, 2.75) is 32.7 Å². The summed E-state index contributed by atoms with van der Waals surface area (Å²) >= 11 is 3.51. The number of halogens is 1. The number of nitrogens with zero attached hydrogens (tertiary/aromatic N) is 1. The Labute approximate surface area is 174 Å². The minimum Gasteiger partial charge on any atom is -0.348 e. The lowest BCUT2D eigenvalue weighted by Gasteiger charge is -2.26. The first-order valence-electron chi connectivity index (χ1n) is 9.63. The van der Waals surface area contributed by atoms with Crippen molar-refractivity contribution in [1.29, 1.82) is 0 Å². The van der Waals surface area contributed by atoms with Gasteiger partial charge in [-0.1, -0.05) is 40.2 Å². The number of likely N-dealkylation sites (tertiary alicyclic amines) is 1. The molecule has 1 heterocycles. The van der Waals surface area contributed by atoms with E-state index < -0.39 is 0 Å². The molecule has 28 heavy (non-hydrogen) atoms. The molecule has 0 atom stereocenters. The summed E-state index contributed by atoms with van der Waals surface area (Å²) in [6.45, 7) is 4.15. The molecule has 1 fully saturated rings. The van der Waals surface area contributed by atoms with E-state index >= 15 is 0 Å². The van der Waals surface area contributed by atoms with Crippen molar-refractivity contribution in [3.05, 3.63) is 75.3 Å². The van der Waals surface area contributed by atoms with Gasteiger partial charge in [0, 0.05) is 35.7 Å². The molecule has 0 radical (unpaired) electrons. The van der Waals surface area contributed by atoms with Crippen molar-refractivity contribution in [3.8, 4) is 0 Å². The molecular formula is C23H25BrN2O2. The van der Waals surface area contributed by atoms with Crippen LogP contribution in [0.1, 0.15) is 46.3 Å². The van der Waals surface area contributed by atoms with Gasteiger partial charge in [0.2, 0.25) is 5.91 Å². The number of rotatable bonds is 5. The number of hydrogen-bond acceptors (Lipinski definition) is 2. The molecule has 4 nitrogen and oxygen atoms in total. The fraction of sp³-hybridized carbons (Fsp3) is 0.304. The van der Waals surface area contributed by atoms with Crippen molar-refractivity contribution in [3.63, 3.8) is 0 Å². The quantitative estimate of drug-likeness (QED) is 0.684. The third-order valence-corrected chi connectivity index (χ3v) is 5.57. The maximum absolute atomic E-state index is 12.5. The Morgan fingerprint density at radius 3 is 2.46 bits per heavy atom. The highest BCUT2D eigenvalue weighted by molar-refractivity contribution is 9.10. The van der Waals surface area contributed by atoms with Crippen LogP contribution in [0.25, 0.3) is 6.08 Å². The highest BCUT2D eigenvalue weighted by atomic mass is 79.9. The van der Waals surface area contributed by atoms with Gasteiger partial charge in [-0.15, -0.1) is 0 Å². The second-order valence-corrected chi connectivity index (χ2v) is 7.98. The molecule has 0 saturated carbocycles. The van der Waals surface area contributed by atoms with E-state index in [-0.39, 0.29) is 11.8 Å². The van der Waals surface area contributed by atoms with Crippen molar-refractivity contribution < 1.29 is 9.59 Å². The summed E-state index contributed by atoms with van der Waals surface area (Å²) in [7, 11) is 0. The number of nitrogens with one attached hydrogen (secondary N) is 1. The van der Waals surface area contributed by atoms with E-state index in [0.717, 1.165) is 47.1 Å². The van der Waals surface area contributed by atoms with Gasteiger partial charge < -0.3 is 10.2 Å². The molecule has 2 amide bonds. The Bertz CT molecular complexity index is 869. The van der Waals surface area contributed by atoms with Crippen LogP contribution in [0.15, 0.2) is 53.0 Å². The van der Waals surface area contributed by atoms with Crippen LogP contribution in [-0.2, 0) is 11.3 Å². The lowest BCUT2D eigenvalue weighted by Crippen LogP contribution is -2.35. The first kappa shape index (κ1) is 20.3. The minimum atomic E-state index is -0.152. The van der Waals surface area contributed by atoms with E-state index in [9.17, 15) is 9.59 Å². The van der Waals surface area contributed by atoms with Crippen LogP contribution < -0.4 is 5.32 Å². The first-order chi connectivity index (χ1) is 13.5. The van der Waals surface area contributed by atoms with Gasteiger partial charge in [0.15, 0.2) is 0 Å². The highest BCUT2D eigenvalue weighted by Gasteiger charge is 2.17. The SMILES string of the molecule is Cc1ccc(/C=C/C(=O)NCc2ccc(C(=O)N3CCCCC3)cc2)c(Br)c1. The third-order valence-electron chi connectivity index (χ3n) is 4.88. The molecule has 0 bridgehead atoms. The Morgan fingerprint density at radius 1 is 1.07 bits per heavy atom. The molecular weight excluding hydrogens is 416 g/mol. The Hall–Kier alpha value is -2.40. The molecule has 146 valence electrons. The average molecular weight is 441 g/mol. The molecule has 1 aliphatic heterocycles. The molecule has 1 saturated heterocycles. The van der Waals surface area contributed by atoms with Crippen molar-refractivity contribution in [2.75, 3.05) is 13.1 Å². The first-order valence-corrected chi connectivity index (χ1v) is 10.4.